The fraction of sp³-hybridized carbons (Fsp3) is 1.00. The minimum absolute atomic E-state index is 0.158. The molecule has 21 heavy (non-hydrogen) atoms. The SMILES string of the molecule is CCC1(CC)CC(N2CCCNC3(CCCC3)C2)CCO1. The first-order valence-corrected chi connectivity index (χ1v) is 9.34. The molecule has 0 aromatic rings. The van der Waals surface area contributed by atoms with Crippen LogP contribution in [0.5, 0.6) is 0 Å². The lowest BCUT2D eigenvalue weighted by atomic mass is 9.84. The van der Waals surface area contributed by atoms with Crippen LogP contribution in [0.3, 0.4) is 0 Å². The van der Waals surface area contributed by atoms with Gasteiger partial charge in [-0.1, -0.05) is 26.7 Å². The van der Waals surface area contributed by atoms with Gasteiger partial charge in [-0.05, 0) is 58.0 Å². The summed E-state index contributed by atoms with van der Waals surface area (Å²) in [5.74, 6) is 0. The first-order chi connectivity index (χ1) is 10.2. The van der Waals surface area contributed by atoms with E-state index in [2.05, 4.69) is 24.1 Å². The maximum Gasteiger partial charge on any atom is 0.0692 e. The zero-order valence-electron chi connectivity index (χ0n) is 14.1. The summed E-state index contributed by atoms with van der Waals surface area (Å²) in [6.45, 7) is 9.34. The number of hydrogen-bond donors (Lipinski definition) is 1. The molecule has 3 rings (SSSR count). The first-order valence-electron chi connectivity index (χ1n) is 9.34. The van der Waals surface area contributed by atoms with Crippen LogP contribution >= 0.6 is 0 Å². The highest BCUT2D eigenvalue weighted by Gasteiger charge is 2.41. The normalized spacial score (nSPS) is 33.1. The van der Waals surface area contributed by atoms with Gasteiger partial charge in [0.1, 0.15) is 0 Å². The van der Waals surface area contributed by atoms with Gasteiger partial charge in [-0.2, -0.15) is 0 Å². The molecule has 1 aliphatic carbocycles. The van der Waals surface area contributed by atoms with Gasteiger partial charge >= 0.3 is 0 Å². The molecule has 3 heteroatoms. The zero-order valence-corrected chi connectivity index (χ0v) is 14.1. The summed E-state index contributed by atoms with van der Waals surface area (Å²) >= 11 is 0. The van der Waals surface area contributed by atoms with Crippen LogP contribution in [0.1, 0.15) is 71.6 Å². The average molecular weight is 294 g/mol. The quantitative estimate of drug-likeness (QED) is 0.864. The van der Waals surface area contributed by atoms with E-state index in [-0.39, 0.29) is 5.60 Å². The number of nitrogens with zero attached hydrogens (tertiary/aromatic N) is 1. The molecule has 1 unspecified atom stereocenters. The van der Waals surface area contributed by atoms with Crippen molar-refractivity contribution in [1.82, 2.24) is 10.2 Å². The second-order valence-electron chi connectivity index (χ2n) is 7.62. The van der Waals surface area contributed by atoms with Gasteiger partial charge in [-0.3, -0.25) is 4.90 Å². The Morgan fingerprint density at radius 3 is 2.62 bits per heavy atom. The van der Waals surface area contributed by atoms with Crippen molar-refractivity contribution in [3.05, 3.63) is 0 Å². The van der Waals surface area contributed by atoms with Gasteiger partial charge in [0, 0.05) is 24.7 Å². The summed E-state index contributed by atoms with van der Waals surface area (Å²) in [6, 6.07) is 0.746. The molecule has 0 aromatic carbocycles. The smallest absolute Gasteiger partial charge is 0.0692 e. The van der Waals surface area contributed by atoms with Gasteiger partial charge in [-0.15, -0.1) is 0 Å². The molecule has 1 atom stereocenters. The molecule has 2 heterocycles. The Kier molecular flexibility index (Phi) is 4.92. The molecule has 1 spiro atoms. The van der Waals surface area contributed by atoms with E-state index in [1.54, 1.807) is 0 Å². The predicted octanol–water partition coefficient (Wildman–Crippen LogP) is 3.33. The summed E-state index contributed by atoms with van der Waals surface area (Å²) in [6.07, 6.45) is 11.7. The maximum absolute atomic E-state index is 6.19. The van der Waals surface area contributed by atoms with Crippen molar-refractivity contribution >= 4 is 0 Å². The molecule has 1 N–H and O–H groups in total. The van der Waals surface area contributed by atoms with Crippen LogP contribution in [0.25, 0.3) is 0 Å². The van der Waals surface area contributed by atoms with Crippen molar-refractivity contribution in [3.8, 4) is 0 Å². The number of nitrogens with one attached hydrogen (secondary N) is 1. The largest absolute Gasteiger partial charge is 0.375 e. The molecular formula is C18H34N2O. The summed E-state index contributed by atoms with van der Waals surface area (Å²) < 4.78 is 6.19. The first kappa shape index (κ1) is 15.8. The summed E-state index contributed by atoms with van der Waals surface area (Å²) in [4.78, 5) is 2.83. The summed E-state index contributed by atoms with van der Waals surface area (Å²) in [5, 5.41) is 3.90. The highest BCUT2D eigenvalue weighted by atomic mass is 16.5. The van der Waals surface area contributed by atoms with E-state index in [1.165, 1.54) is 64.6 Å². The van der Waals surface area contributed by atoms with E-state index in [4.69, 9.17) is 4.74 Å². The van der Waals surface area contributed by atoms with Gasteiger partial charge in [0.05, 0.1) is 5.60 Å². The Morgan fingerprint density at radius 1 is 1.14 bits per heavy atom. The van der Waals surface area contributed by atoms with Crippen molar-refractivity contribution in [2.45, 2.75) is 88.8 Å². The molecule has 0 amide bonds. The lowest BCUT2D eigenvalue weighted by Crippen LogP contribution is -2.54. The summed E-state index contributed by atoms with van der Waals surface area (Å²) in [7, 11) is 0. The minimum Gasteiger partial charge on any atom is -0.375 e. The number of ether oxygens (including phenoxy) is 1. The predicted molar refractivity (Wildman–Crippen MR) is 87.7 cm³/mol. The van der Waals surface area contributed by atoms with Crippen LogP contribution in [-0.4, -0.2) is 48.3 Å². The third kappa shape index (κ3) is 3.30. The molecule has 0 bridgehead atoms. The van der Waals surface area contributed by atoms with Gasteiger partial charge in [-0.25, -0.2) is 0 Å². The third-order valence-electron chi connectivity index (χ3n) is 6.46. The Morgan fingerprint density at radius 2 is 1.90 bits per heavy atom. The fourth-order valence-electron chi connectivity index (χ4n) is 4.91. The lowest BCUT2D eigenvalue weighted by Gasteiger charge is -2.45. The van der Waals surface area contributed by atoms with Crippen LogP contribution in [0.2, 0.25) is 0 Å². The molecule has 0 aromatic heterocycles. The van der Waals surface area contributed by atoms with Crippen LogP contribution in [0.4, 0.5) is 0 Å². The van der Waals surface area contributed by atoms with E-state index in [0.717, 1.165) is 25.5 Å². The van der Waals surface area contributed by atoms with E-state index < -0.39 is 0 Å². The van der Waals surface area contributed by atoms with Crippen LogP contribution in [-0.2, 0) is 4.74 Å². The summed E-state index contributed by atoms with van der Waals surface area (Å²) in [5.41, 5.74) is 0.599. The van der Waals surface area contributed by atoms with Crippen molar-refractivity contribution in [2.75, 3.05) is 26.2 Å². The third-order valence-corrected chi connectivity index (χ3v) is 6.46. The molecule has 2 saturated heterocycles. The molecule has 3 fully saturated rings. The van der Waals surface area contributed by atoms with Gasteiger partial charge in [0.25, 0.3) is 0 Å². The standard InChI is InChI=1S/C18H34N2O/c1-3-18(4-2)14-16(8-13-21-18)20-12-7-11-19-17(15-20)9-5-6-10-17/h16,19H,3-15H2,1-2H3. The molecule has 2 aliphatic heterocycles. The van der Waals surface area contributed by atoms with Gasteiger partial charge in [0.15, 0.2) is 0 Å². The second kappa shape index (κ2) is 6.55. The van der Waals surface area contributed by atoms with Crippen molar-refractivity contribution in [1.29, 1.82) is 0 Å². The molecule has 122 valence electrons. The van der Waals surface area contributed by atoms with Gasteiger partial charge in [0.2, 0.25) is 0 Å². The van der Waals surface area contributed by atoms with Crippen molar-refractivity contribution in [2.24, 2.45) is 0 Å². The topological polar surface area (TPSA) is 24.5 Å². The Bertz CT molecular complexity index is 334. The minimum atomic E-state index is 0.158. The Balaban J connectivity index is 1.69. The molecular weight excluding hydrogens is 260 g/mol. The van der Waals surface area contributed by atoms with Crippen LogP contribution in [0.15, 0.2) is 0 Å². The zero-order chi connectivity index (χ0) is 14.8. The number of rotatable bonds is 3. The fourth-order valence-corrected chi connectivity index (χ4v) is 4.91. The molecule has 3 nitrogen and oxygen atoms in total. The van der Waals surface area contributed by atoms with Crippen molar-refractivity contribution < 1.29 is 4.74 Å². The van der Waals surface area contributed by atoms with E-state index >= 15 is 0 Å². The van der Waals surface area contributed by atoms with E-state index in [1.807, 2.05) is 0 Å². The van der Waals surface area contributed by atoms with Crippen LogP contribution < -0.4 is 5.32 Å². The maximum atomic E-state index is 6.19. The lowest BCUT2D eigenvalue weighted by molar-refractivity contribution is -0.111. The molecule has 3 aliphatic rings. The van der Waals surface area contributed by atoms with Crippen LogP contribution in [0, 0.1) is 0 Å². The van der Waals surface area contributed by atoms with Gasteiger partial charge < -0.3 is 10.1 Å². The Labute approximate surface area is 130 Å². The Hall–Kier alpha value is -0.120. The molecule has 1 saturated carbocycles. The monoisotopic (exact) mass is 294 g/mol. The number of hydrogen-bond acceptors (Lipinski definition) is 3. The van der Waals surface area contributed by atoms with Crippen molar-refractivity contribution in [3.63, 3.8) is 0 Å². The molecule has 0 radical (unpaired) electrons. The average Bonchev–Trinajstić information content (AvgIpc) is 2.87. The second-order valence-corrected chi connectivity index (χ2v) is 7.62. The highest BCUT2D eigenvalue weighted by Crippen LogP contribution is 2.37. The highest BCUT2D eigenvalue weighted by molar-refractivity contribution is 4.99. The van der Waals surface area contributed by atoms with E-state index in [9.17, 15) is 0 Å². The van der Waals surface area contributed by atoms with E-state index in [0.29, 0.717) is 5.54 Å².